The van der Waals surface area contributed by atoms with E-state index in [1.807, 2.05) is 6.92 Å². The molecule has 0 spiro atoms. The van der Waals surface area contributed by atoms with Crippen LogP contribution in [0.4, 0.5) is 4.79 Å². The van der Waals surface area contributed by atoms with E-state index in [0.29, 0.717) is 13.0 Å². The lowest BCUT2D eigenvalue weighted by atomic mass is 9.88. The second-order valence-corrected chi connectivity index (χ2v) is 6.83. The number of hydrogen-bond acceptors (Lipinski definition) is 5. The van der Waals surface area contributed by atoms with Gasteiger partial charge in [0.15, 0.2) is 0 Å². The van der Waals surface area contributed by atoms with E-state index in [4.69, 9.17) is 9.47 Å². The molecule has 2 amide bonds. The molecule has 1 heterocycles. The number of carbonyl (C=O) groups excluding carboxylic acids is 3. The van der Waals surface area contributed by atoms with Crippen molar-refractivity contribution >= 4 is 18.0 Å². The second-order valence-electron chi connectivity index (χ2n) is 6.83. The van der Waals surface area contributed by atoms with Gasteiger partial charge >= 0.3 is 12.1 Å². The van der Waals surface area contributed by atoms with Gasteiger partial charge in [0.1, 0.15) is 5.60 Å². The third-order valence-electron chi connectivity index (χ3n) is 3.56. The Morgan fingerprint density at radius 2 is 1.78 bits per heavy atom. The van der Waals surface area contributed by atoms with Crippen molar-refractivity contribution in [3.63, 3.8) is 0 Å². The van der Waals surface area contributed by atoms with Gasteiger partial charge in [-0.2, -0.15) is 0 Å². The molecule has 0 aromatic rings. The molecule has 0 aromatic carbocycles. The maximum atomic E-state index is 12.3. The fraction of sp³-hybridized carbons (Fsp3) is 0.812. The number of nitrogens with zero attached hydrogens (tertiary/aromatic N) is 1. The van der Waals surface area contributed by atoms with E-state index in [2.05, 4.69) is 5.32 Å². The van der Waals surface area contributed by atoms with Crippen molar-refractivity contribution in [3.05, 3.63) is 0 Å². The number of methoxy groups -OCH3 is 1. The highest BCUT2D eigenvalue weighted by Gasteiger charge is 2.38. The van der Waals surface area contributed by atoms with Gasteiger partial charge in [-0.25, -0.2) is 4.79 Å². The molecule has 2 atom stereocenters. The molecule has 1 aliphatic heterocycles. The Kier molecular flexibility index (Phi) is 6.84. The molecule has 23 heavy (non-hydrogen) atoms. The molecular weight excluding hydrogens is 300 g/mol. The van der Waals surface area contributed by atoms with Crippen LogP contribution in [0.5, 0.6) is 0 Å². The van der Waals surface area contributed by atoms with Crippen LogP contribution in [-0.4, -0.2) is 55.2 Å². The highest BCUT2D eigenvalue weighted by molar-refractivity contribution is 5.82. The molecule has 0 aromatic heterocycles. The Morgan fingerprint density at radius 1 is 1.17 bits per heavy atom. The van der Waals surface area contributed by atoms with Crippen LogP contribution >= 0.6 is 0 Å². The predicted octanol–water partition coefficient (Wildman–Crippen LogP) is 1.56. The van der Waals surface area contributed by atoms with Crippen LogP contribution in [0.1, 0.15) is 40.5 Å². The van der Waals surface area contributed by atoms with Crippen LogP contribution in [0.2, 0.25) is 0 Å². The summed E-state index contributed by atoms with van der Waals surface area (Å²) in [6.45, 7) is 8.32. The van der Waals surface area contributed by atoms with Crippen LogP contribution in [0.3, 0.4) is 0 Å². The van der Waals surface area contributed by atoms with Gasteiger partial charge in [0.25, 0.3) is 0 Å². The van der Waals surface area contributed by atoms with E-state index in [-0.39, 0.29) is 19.0 Å². The molecule has 0 aliphatic carbocycles. The Morgan fingerprint density at radius 3 is 2.30 bits per heavy atom. The molecule has 1 saturated heterocycles. The minimum atomic E-state index is -0.630. The summed E-state index contributed by atoms with van der Waals surface area (Å²) in [6, 6.07) is 0. The van der Waals surface area contributed by atoms with Crippen molar-refractivity contribution in [2.24, 2.45) is 11.8 Å². The number of amides is 2. The van der Waals surface area contributed by atoms with Crippen molar-refractivity contribution in [3.8, 4) is 0 Å². The fourth-order valence-electron chi connectivity index (χ4n) is 2.49. The Hall–Kier alpha value is -1.79. The summed E-state index contributed by atoms with van der Waals surface area (Å²) in [5.74, 6) is -1.51. The number of carbonyl (C=O) groups is 3. The van der Waals surface area contributed by atoms with E-state index in [1.165, 1.54) is 12.0 Å². The molecule has 1 N–H and O–H groups in total. The van der Waals surface area contributed by atoms with Crippen molar-refractivity contribution in [2.75, 3.05) is 26.7 Å². The first-order valence-electron chi connectivity index (χ1n) is 8.01. The quantitative estimate of drug-likeness (QED) is 0.792. The molecule has 1 rings (SSSR count). The van der Waals surface area contributed by atoms with Gasteiger partial charge in [0.2, 0.25) is 5.91 Å². The zero-order valence-corrected chi connectivity index (χ0v) is 14.7. The smallest absolute Gasteiger partial charge is 0.410 e. The van der Waals surface area contributed by atoms with Gasteiger partial charge in [-0.15, -0.1) is 0 Å². The van der Waals surface area contributed by atoms with E-state index in [1.54, 1.807) is 20.8 Å². The first-order chi connectivity index (χ1) is 10.7. The van der Waals surface area contributed by atoms with Crippen LogP contribution in [-0.2, 0) is 19.1 Å². The van der Waals surface area contributed by atoms with Crippen molar-refractivity contribution < 1.29 is 23.9 Å². The topological polar surface area (TPSA) is 84.9 Å². The summed E-state index contributed by atoms with van der Waals surface area (Å²) in [5.41, 5.74) is -0.630. The van der Waals surface area contributed by atoms with Gasteiger partial charge in [-0.3, -0.25) is 9.59 Å². The first kappa shape index (κ1) is 19.3. The maximum absolute atomic E-state index is 12.3. The molecule has 0 radical (unpaired) electrons. The average molecular weight is 328 g/mol. The Bertz CT molecular complexity index is 444. The van der Waals surface area contributed by atoms with Crippen molar-refractivity contribution in [1.82, 2.24) is 10.2 Å². The standard InChI is InChI=1S/C16H28N2O5/c1-6-7-17-13(19)11-8-12(14(20)22-5)10-18(9-11)15(21)23-16(2,3)4/h11-12H,6-10H2,1-5H3,(H,17,19)/t11-,12+/m1/s1. The number of ether oxygens (including phenoxy) is 2. The fourth-order valence-corrected chi connectivity index (χ4v) is 2.49. The normalized spacial score (nSPS) is 21.5. The Balaban J connectivity index is 2.83. The molecule has 0 unspecified atom stereocenters. The zero-order valence-electron chi connectivity index (χ0n) is 14.7. The van der Waals surface area contributed by atoms with E-state index in [9.17, 15) is 14.4 Å². The molecule has 132 valence electrons. The monoisotopic (exact) mass is 328 g/mol. The zero-order chi connectivity index (χ0) is 17.6. The van der Waals surface area contributed by atoms with Gasteiger partial charge in [-0.1, -0.05) is 6.92 Å². The van der Waals surface area contributed by atoms with Gasteiger partial charge in [0.05, 0.1) is 18.9 Å². The van der Waals surface area contributed by atoms with Gasteiger partial charge in [-0.05, 0) is 33.6 Å². The van der Waals surface area contributed by atoms with Gasteiger partial charge < -0.3 is 19.7 Å². The van der Waals surface area contributed by atoms with E-state index >= 15 is 0 Å². The number of piperidine rings is 1. The second kappa shape index (κ2) is 8.17. The number of rotatable bonds is 4. The summed E-state index contributed by atoms with van der Waals surface area (Å²) in [4.78, 5) is 37.8. The average Bonchev–Trinajstić information content (AvgIpc) is 2.49. The number of hydrogen-bond donors (Lipinski definition) is 1. The predicted molar refractivity (Wildman–Crippen MR) is 84.7 cm³/mol. The largest absolute Gasteiger partial charge is 0.469 e. The summed E-state index contributed by atoms with van der Waals surface area (Å²) in [6.07, 6.45) is 0.690. The summed E-state index contributed by atoms with van der Waals surface area (Å²) in [5, 5.41) is 2.82. The lowest BCUT2D eigenvalue weighted by Gasteiger charge is -2.36. The van der Waals surface area contributed by atoms with Crippen LogP contribution < -0.4 is 5.32 Å². The van der Waals surface area contributed by atoms with Crippen LogP contribution in [0.25, 0.3) is 0 Å². The first-order valence-corrected chi connectivity index (χ1v) is 8.01. The minimum Gasteiger partial charge on any atom is -0.469 e. The summed E-state index contributed by atoms with van der Waals surface area (Å²) in [7, 11) is 1.31. The number of nitrogens with one attached hydrogen (secondary N) is 1. The third kappa shape index (κ3) is 6.08. The minimum absolute atomic E-state index is 0.144. The lowest BCUT2D eigenvalue weighted by molar-refractivity contribution is -0.148. The van der Waals surface area contributed by atoms with Gasteiger partial charge in [0, 0.05) is 19.6 Å². The summed E-state index contributed by atoms with van der Waals surface area (Å²) < 4.78 is 10.1. The molecule has 0 saturated carbocycles. The molecular formula is C16H28N2O5. The molecule has 7 heteroatoms. The molecule has 0 bridgehead atoms. The Labute approximate surface area is 137 Å². The maximum Gasteiger partial charge on any atom is 0.410 e. The third-order valence-corrected chi connectivity index (χ3v) is 3.56. The number of esters is 1. The molecule has 1 fully saturated rings. The lowest BCUT2D eigenvalue weighted by Crippen LogP contribution is -2.51. The highest BCUT2D eigenvalue weighted by Crippen LogP contribution is 2.25. The SMILES string of the molecule is CCCNC(=O)[C@@H]1C[C@H](C(=O)OC)CN(C(=O)OC(C)(C)C)C1. The van der Waals surface area contributed by atoms with E-state index in [0.717, 1.165) is 6.42 Å². The van der Waals surface area contributed by atoms with Crippen molar-refractivity contribution in [1.29, 1.82) is 0 Å². The molecule has 7 nitrogen and oxygen atoms in total. The van der Waals surface area contributed by atoms with Crippen LogP contribution in [0.15, 0.2) is 0 Å². The summed E-state index contributed by atoms with van der Waals surface area (Å²) >= 11 is 0. The van der Waals surface area contributed by atoms with Crippen LogP contribution in [0, 0.1) is 11.8 Å². The molecule has 1 aliphatic rings. The highest BCUT2D eigenvalue weighted by atomic mass is 16.6. The van der Waals surface area contributed by atoms with E-state index < -0.39 is 29.5 Å². The number of likely N-dealkylation sites (tertiary alicyclic amines) is 1. The van der Waals surface area contributed by atoms with Crippen molar-refractivity contribution in [2.45, 2.75) is 46.1 Å².